The van der Waals surface area contributed by atoms with Gasteiger partial charge in [0.1, 0.15) is 0 Å². The van der Waals surface area contributed by atoms with E-state index in [1.165, 1.54) is 6.42 Å². The quantitative estimate of drug-likeness (QED) is 0.743. The number of aliphatic hydroxyl groups is 1. The molecule has 3 nitrogen and oxygen atoms in total. The number of rotatable bonds is 3. The first kappa shape index (κ1) is 14.6. The Morgan fingerprint density at radius 1 is 1.35 bits per heavy atom. The zero-order valence-corrected chi connectivity index (χ0v) is 11.0. The van der Waals surface area contributed by atoms with Crippen molar-refractivity contribution in [1.29, 1.82) is 0 Å². The van der Waals surface area contributed by atoms with Crippen molar-refractivity contribution in [2.24, 2.45) is 11.7 Å². The molecule has 1 aliphatic rings. The molecule has 1 saturated carbocycles. The summed E-state index contributed by atoms with van der Waals surface area (Å²) in [6.07, 6.45) is 2.76. The minimum Gasteiger partial charge on any atom is -0.398 e. The van der Waals surface area contributed by atoms with Crippen LogP contribution in [0.5, 0.6) is 0 Å². The van der Waals surface area contributed by atoms with Crippen LogP contribution in [0, 0.1) is 5.92 Å². The van der Waals surface area contributed by atoms with E-state index in [2.05, 4.69) is 0 Å². The van der Waals surface area contributed by atoms with Gasteiger partial charge in [-0.05, 0) is 42.5 Å². The predicted molar refractivity (Wildman–Crippen MR) is 73.4 cm³/mol. The van der Waals surface area contributed by atoms with Gasteiger partial charge in [0.25, 0.3) is 0 Å². The van der Waals surface area contributed by atoms with Gasteiger partial charge in [0.05, 0.1) is 12.1 Å². The van der Waals surface area contributed by atoms with Crippen LogP contribution < -0.4 is 11.5 Å². The Bertz CT molecular complexity index is 383. The van der Waals surface area contributed by atoms with Crippen molar-refractivity contribution < 1.29 is 5.11 Å². The van der Waals surface area contributed by atoms with E-state index in [9.17, 15) is 5.11 Å². The second-order valence-corrected chi connectivity index (χ2v) is 4.92. The third kappa shape index (κ3) is 3.05. The maximum atomic E-state index is 10.1. The number of anilines is 1. The van der Waals surface area contributed by atoms with Gasteiger partial charge >= 0.3 is 0 Å². The number of halogens is 2. The second kappa shape index (κ2) is 5.91. The topological polar surface area (TPSA) is 72.3 Å². The van der Waals surface area contributed by atoms with Crippen LogP contribution in [0.4, 0.5) is 5.69 Å². The minimum absolute atomic E-state index is 0. The summed E-state index contributed by atoms with van der Waals surface area (Å²) in [5, 5.41) is 10.7. The Hall–Kier alpha value is -0.480. The van der Waals surface area contributed by atoms with E-state index in [4.69, 9.17) is 23.1 Å². The molecule has 2 rings (SSSR count). The molecule has 0 radical (unpaired) electrons. The van der Waals surface area contributed by atoms with E-state index >= 15 is 0 Å². The molecule has 5 N–H and O–H groups in total. The molecule has 2 atom stereocenters. The number of benzene rings is 1. The lowest BCUT2D eigenvalue weighted by Gasteiger charge is -2.34. The third-order valence-electron chi connectivity index (χ3n) is 3.41. The molecule has 1 fully saturated rings. The van der Waals surface area contributed by atoms with E-state index in [0.29, 0.717) is 16.6 Å². The van der Waals surface area contributed by atoms with Crippen molar-refractivity contribution in [2.75, 3.05) is 5.73 Å². The van der Waals surface area contributed by atoms with Gasteiger partial charge in [0, 0.05) is 10.7 Å². The largest absolute Gasteiger partial charge is 0.398 e. The van der Waals surface area contributed by atoms with E-state index in [0.717, 1.165) is 18.4 Å². The predicted octanol–water partition coefficient (Wildman–Crippen LogP) is 2.50. The molecule has 0 saturated heterocycles. The van der Waals surface area contributed by atoms with Gasteiger partial charge < -0.3 is 16.6 Å². The van der Waals surface area contributed by atoms with E-state index < -0.39 is 12.1 Å². The van der Waals surface area contributed by atoms with E-state index in [-0.39, 0.29) is 12.4 Å². The first-order valence-electron chi connectivity index (χ1n) is 5.58. The highest BCUT2D eigenvalue weighted by atomic mass is 35.5. The SMILES string of the molecule is Cl.Nc1ccc(Cl)cc1[C@@H](N)[C@@H](O)C1CCC1. The van der Waals surface area contributed by atoms with Crippen LogP contribution in [0.15, 0.2) is 18.2 Å². The molecule has 0 aliphatic heterocycles. The van der Waals surface area contributed by atoms with Crippen molar-refractivity contribution >= 4 is 29.7 Å². The molecule has 1 aliphatic carbocycles. The fraction of sp³-hybridized carbons (Fsp3) is 0.500. The molecular formula is C12H18Cl2N2O. The van der Waals surface area contributed by atoms with Gasteiger partial charge in [-0.15, -0.1) is 12.4 Å². The van der Waals surface area contributed by atoms with Crippen LogP contribution in [-0.2, 0) is 0 Å². The van der Waals surface area contributed by atoms with Crippen molar-refractivity contribution in [3.05, 3.63) is 28.8 Å². The average Bonchev–Trinajstić information content (AvgIpc) is 2.18. The van der Waals surface area contributed by atoms with E-state index in [1.54, 1.807) is 18.2 Å². The van der Waals surface area contributed by atoms with Crippen molar-refractivity contribution in [3.8, 4) is 0 Å². The lowest BCUT2D eigenvalue weighted by atomic mass is 9.77. The summed E-state index contributed by atoms with van der Waals surface area (Å²) in [5.41, 5.74) is 13.2. The van der Waals surface area contributed by atoms with Crippen molar-refractivity contribution in [3.63, 3.8) is 0 Å². The van der Waals surface area contributed by atoms with Crippen LogP contribution in [0.2, 0.25) is 5.02 Å². The Morgan fingerprint density at radius 3 is 2.53 bits per heavy atom. The highest BCUT2D eigenvalue weighted by molar-refractivity contribution is 6.30. The van der Waals surface area contributed by atoms with Gasteiger partial charge in [-0.1, -0.05) is 18.0 Å². The van der Waals surface area contributed by atoms with Crippen LogP contribution >= 0.6 is 24.0 Å². The lowest BCUT2D eigenvalue weighted by molar-refractivity contribution is 0.0415. The summed E-state index contributed by atoms with van der Waals surface area (Å²) in [4.78, 5) is 0. The molecule has 0 bridgehead atoms. The average molecular weight is 277 g/mol. The van der Waals surface area contributed by atoms with E-state index in [1.807, 2.05) is 0 Å². The third-order valence-corrected chi connectivity index (χ3v) is 3.64. The van der Waals surface area contributed by atoms with Crippen LogP contribution in [-0.4, -0.2) is 11.2 Å². The molecule has 1 aromatic rings. The minimum atomic E-state index is -0.519. The molecular weight excluding hydrogens is 259 g/mol. The number of hydrogen-bond donors (Lipinski definition) is 3. The summed E-state index contributed by atoms with van der Waals surface area (Å²) in [5.74, 6) is 0.313. The van der Waals surface area contributed by atoms with Crippen molar-refractivity contribution in [2.45, 2.75) is 31.4 Å². The van der Waals surface area contributed by atoms with Crippen LogP contribution in [0.3, 0.4) is 0 Å². The molecule has 96 valence electrons. The summed E-state index contributed by atoms with van der Waals surface area (Å²) in [7, 11) is 0. The zero-order chi connectivity index (χ0) is 11.7. The molecule has 0 spiro atoms. The lowest BCUT2D eigenvalue weighted by Crippen LogP contribution is -2.36. The van der Waals surface area contributed by atoms with Gasteiger partial charge in [0.2, 0.25) is 0 Å². The Morgan fingerprint density at radius 2 is 2.00 bits per heavy atom. The molecule has 0 aromatic heterocycles. The fourth-order valence-corrected chi connectivity index (χ4v) is 2.27. The smallest absolute Gasteiger partial charge is 0.0761 e. The Kier molecular flexibility index (Phi) is 5.07. The summed E-state index contributed by atoms with van der Waals surface area (Å²) in [6, 6.07) is 4.75. The monoisotopic (exact) mass is 276 g/mol. The summed E-state index contributed by atoms with van der Waals surface area (Å²) < 4.78 is 0. The maximum absolute atomic E-state index is 10.1. The summed E-state index contributed by atoms with van der Waals surface area (Å²) >= 11 is 5.90. The molecule has 0 heterocycles. The maximum Gasteiger partial charge on any atom is 0.0761 e. The number of nitrogens with two attached hydrogens (primary N) is 2. The molecule has 0 unspecified atom stereocenters. The second-order valence-electron chi connectivity index (χ2n) is 4.48. The molecule has 1 aromatic carbocycles. The van der Waals surface area contributed by atoms with Crippen LogP contribution in [0.1, 0.15) is 30.9 Å². The molecule has 0 amide bonds. The number of hydrogen-bond acceptors (Lipinski definition) is 3. The first-order chi connectivity index (χ1) is 7.59. The fourth-order valence-electron chi connectivity index (χ4n) is 2.09. The molecule has 5 heteroatoms. The highest BCUT2D eigenvalue weighted by Gasteiger charge is 2.31. The van der Waals surface area contributed by atoms with Gasteiger partial charge in [-0.3, -0.25) is 0 Å². The number of aliphatic hydroxyl groups excluding tert-OH is 1. The zero-order valence-electron chi connectivity index (χ0n) is 9.47. The standard InChI is InChI=1S/C12H17ClN2O.ClH/c13-8-4-5-10(14)9(6-8)11(15)12(16)7-2-1-3-7;/h4-7,11-12,16H,1-3,14-15H2;1H/t11-,12+;/m1./s1. The normalized spacial score (nSPS) is 19.0. The molecule has 17 heavy (non-hydrogen) atoms. The van der Waals surface area contributed by atoms with Gasteiger partial charge in [-0.2, -0.15) is 0 Å². The summed E-state index contributed by atoms with van der Waals surface area (Å²) in [6.45, 7) is 0. The van der Waals surface area contributed by atoms with Crippen LogP contribution in [0.25, 0.3) is 0 Å². The van der Waals surface area contributed by atoms with Gasteiger partial charge in [-0.25, -0.2) is 0 Å². The highest BCUT2D eigenvalue weighted by Crippen LogP contribution is 2.36. The Labute approximate surface area is 113 Å². The van der Waals surface area contributed by atoms with Crippen molar-refractivity contribution in [1.82, 2.24) is 0 Å². The number of nitrogen functional groups attached to an aromatic ring is 1. The Balaban J connectivity index is 0.00000144. The van der Waals surface area contributed by atoms with Gasteiger partial charge in [0.15, 0.2) is 0 Å². The first-order valence-corrected chi connectivity index (χ1v) is 5.96.